The van der Waals surface area contributed by atoms with E-state index in [2.05, 4.69) is 25.4 Å². The average Bonchev–Trinajstić information content (AvgIpc) is 3.58. The predicted molar refractivity (Wildman–Crippen MR) is 136 cm³/mol. The number of nitrogen functional groups attached to an aromatic ring is 1. The van der Waals surface area contributed by atoms with Crippen LogP contribution in [-0.4, -0.2) is 57.1 Å². The van der Waals surface area contributed by atoms with Crippen molar-refractivity contribution in [2.75, 3.05) is 30.6 Å². The van der Waals surface area contributed by atoms with E-state index in [1.165, 1.54) is 0 Å². The van der Waals surface area contributed by atoms with E-state index >= 15 is 0 Å². The standard InChI is InChI=1S/C23H32N7O5P/c1-3-12-34-22(31)16(2)29-36(32,35-18-7-5-4-6-8-18)15-33-13-11-30-14-25-19-20(26-17-9-10-17)27-23(24)28-21(19)30/h4-8,14,16-17H,3,9-13,15H2,1-2H3,(H,29,32)(H3,24,26,27,28). The molecule has 1 aliphatic carbocycles. The molecule has 12 nitrogen and oxygen atoms in total. The fourth-order valence-corrected chi connectivity index (χ4v) is 5.12. The Bertz CT molecular complexity index is 1220. The molecule has 194 valence electrons. The molecule has 0 saturated heterocycles. The van der Waals surface area contributed by atoms with Crippen LogP contribution in [0.2, 0.25) is 0 Å². The number of hydrogen-bond acceptors (Lipinski definition) is 10. The summed E-state index contributed by atoms with van der Waals surface area (Å²) in [4.78, 5) is 25.2. The summed E-state index contributed by atoms with van der Waals surface area (Å²) >= 11 is 0. The summed E-state index contributed by atoms with van der Waals surface area (Å²) in [5.41, 5.74) is 7.12. The van der Waals surface area contributed by atoms with E-state index < -0.39 is 19.5 Å². The fourth-order valence-electron chi connectivity index (χ4n) is 3.41. The van der Waals surface area contributed by atoms with Gasteiger partial charge in [-0.3, -0.25) is 9.36 Å². The second kappa shape index (κ2) is 11.7. The Balaban J connectivity index is 1.39. The molecule has 0 amide bonds. The Morgan fingerprint density at radius 1 is 1.25 bits per heavy atom. The SMILES string of the molecule is CCCOC(=O)C(C)NP(=O)(COCCn1cnc2c(NC3CC3)nc(N)nc21)Oc1ccccc1. The fraction of sp³-hybridized carbons (Fsp3) is 0.478. The van der Waals surface area contributed by atoms with Crippen molar-refractivity contribution in [3.8, 4) is 5.75 Å². The van der Waals surface area contributed by atoms with Crippen molar-refractivity contribution in [2.24, 2.45) is 0 Å². The maximum absolute atomic E-state index is 13.6. The Kier molecular flexibility index (Phi) is 8.40. The van der Waals surface area contributed by atoms with Crippen LogP contribution in [0.3, 0.4) is 0 Å². The minimum atomic E-state index is -3.62. The monoisotopic (exact) mass is 517 g/mol. The number of nitrogens with zero attached hydrogens (tertiary/aromatic N) is 4. The number of imidazole rings is 1. The van der Waals surface area contributed by atoms with Crippen LogP contribution in [0.25, 0.3) is 11.2 Å². The number of rotatable bonds is 14. The lowest BCUT2D eigenvalue weighted by Crippen LogP contribution is -2.35. The van der Waals surface area contributed by atoms with E-state index in [1.54, 1.807) is 42.1 Å². The van der Waals surface area contributed by atoms with Crippen LogP contribution in [0.4, 0.5) is 11.8 Å². The van der Waals surface area contributed by atoms with Crippen molar-refractivity contribution < 1.29 is 23.4 Å². The number of carbonyl (C=O) groups is 1. The molecule has 1 fully saturated rings. The highest BCUT2D eigenvalue weighted by Gasteiger charge is 2.31. The number of ether oxygens (including phenoxy) is 2. The Hall–Kier alpha value is -3.21. The minimum Gasteiger partial charge on any atom is -0.465 e. The van der Waals surface area contributed by atoms with Crippen LogP contribution in [-0.2, 0) is 25.4 Å². The molecule has 0 radical (unpaired) electrons. The molecule has 13 heteroatoms. The number of carbonyl (C=O) groups excluding carboxylic acids is 1. The number of nitrogens with two attached hydrogens (primary N) is 1. The molecule has 1 saturated carbocycles. The zero-order valence-electron chi connectivity index (χ0n) is 20.4. The van der Waals surface area contributed by atoms with Gasteiger partial charge >= 0.3 is 13.5 Å². The van der Waals surface area contributed by atoms with E-state index in [0.29, 0.717) is 41.7 Å². The normalized spacial score (nSPS) is 15.8. The molecule has 0 spiro atoms. The summed E-state index contributed by atoms with van der Waals surface area (Å²) in [6.45, 7) is 4.34. The molecule has 2 heterocycles. The molecule has 2 unspecified atom stereocenters. The maximum Gasteiger partial charge on any atom is 0.342 e. The van der Waals surface area contributed by atoms with Crippen molar-refractivity contribution >= 4 is 36.4 Å². The van der Waals surface area contributed by atoms with E-state index in [1.807, 2.05) is 13.0 Å². The van der Waals surface area contributed by atoms with Gasteiger partial charge in [0.05, 0.1) is 19.5 Å². The number of fused-ring (bicyclic) bond motifs is 1. The summed E-state index contributed by atoms with van der Waals surface area (Å²) in [6.07, 6.45) is 4.26. The van der Waals surface area contributed by atoms with E-state index in [0.717, 1.165) is 12.8 Å². The lowest BCUT2D eigenvalue weighted by atomic mass is 10.3. The maximum atomic E-state index is 13.6. The number of para-hydroxylation sites is 1. The quantitative estimate of drug-likeness (QED) is 0.164. The zero-order chi connectivity index (χ0) is 25.5. The van der Waals surface area contributed by atoms with Gasteiger partial charge in [0.1, 0.15) is 18.1 Å². The van der Waals surface area contributed by atoms with Crippen molar-refractivity contribution in [2.45, 2.75) is 51.7 Å². The van der Waals surface area contributed by atoms with Crippen molar-refractivity contribution in [3.63, 3.8) is 0 Å². The Labute approximate surface area is 209 Å². The number of nitrogens with one attached hydrogen (secondary N) is 2. The van der Waals surface area contributed by atoms with Gasteiger partial charge < -0.3 is 29.6 Å². The summed E-state index contributed by atoms with van der Waals surface area (Å²) in [7, 11) is -3.62. The molecular weight excluding hydrogens is 485 g/mol. The number of anilines is 2. The second-order valence-corrected chi connectivity index (χ2v) is 10.6. The van der Waals surface area contributed by atoms with Gasteiger partial charge in [-0.1, -0.05) is 25.1 Å². The van der Waals surface area contributed by atoms with Crippen LogP contribution in [0.1, 0.15) is 33.1 Å². The highest BCUT2D eigenvalue weighted by Crippen LogP contribution is 2.43. The molecule has 2 aromatic heterocycles. The summed E-state index contributed by atoms with van der Waals surface area (Å²) in [6, 6.07) is 8.28. The predicted octanol–water partition coefficient (Wildman–Crippen LogP) is 3.16. The molecule has 4 rings (SSSR count). The van der Waals surface area contributed by atoms with Crippen molar-refractivity contribution in [1.29, 1.82) is 0 Å². The molecule has 0 aliphatic heterocycles. The highest BCUT2D eigenvalue weighted by atomic mass is 31.2. The van der Waals surface area contributed by atoms with Crippen molar-refractivity contribution in [3.05, 3.63) is 36.7 Å². The zero-order valence-corrected chi connectivity index (χ0v) is 21.3. The molecule has 4 N–H and O–H groups in total. The lowest BCUT2D eigenvalue weighted by molar-refractivity contribution is -0.145. The average molecular weight is 518 g/mol. The van der Waals surface area contributed by atoms with Gasteiger partial charge in [0.2, 0.25) is 5.95 Å². The van der Waals surface area contributed by atoms with Gasteiger partial charge in [-0.15, -0.1) is 0 Å². The van der Waals surface area contributed by atoms with E-state index in [4.69, 9.17) is 19.7 Å². The molecular formula is C23H32N7O5P. The van der Waals surface area contributed by atoms with E-state index in [9.17, 15) is 9.36 Å². The lowest BCUT2D eigenvalue weighted by Gasteiger charge is -2.23. The Morgan fingerprint density at radius 2 is 2.03 bits per heavy atom. The first-order chi connectivity index (χ1) is 17.4. The molecule has 1 aliphatic rings. The van der Waals surface area contributed by atoms with Crippen LogP contribution in [0.15, 0.2) is 36.7 Å². The van der Waals surface area contributed by atoms with Crippen LogP contribution in [0, 0.1) is 0 Å². The van der Waals surface area contributed by atoms with Gasteiger partial charge in [0.25, 0.3) is 0 Å². The number of aromatic nitrogens is 4. The van der Waals surface area contributed by atoms with Gasteiger partial charge in [-0.25, -0.2) is 10.1 Å². The number of benzene rings is 1. The summed E-state index contributed by atoms with van der Waals surface area (Å²) < 4.78 is 32.1. The van der Waals surface area contributed by atoms with Gasteiger partial charge in [-0.2, -0.15) is 9.97 Å². The molecule has 1 aromatic carbocycles. The highest BCUT2D eigenvalue weighted by molar-refractivity contribution is 7.57. The first-order valence-corrected chi connectivity index (χ1v) is 13.8. The molecule has 2 atom stereocenters. The third-order valence-electron chi connectivity index (χ3n) is 5.33. The van der Waals surface area contributed by atoms with Crippen LogP contribution >= 0.6 is 7.52 Å². The first kappa shape index (κ1) is 25.9. The second-order valence-electron chi connectivity index (χ2n) is 8.59. The van der Waals surface area contributed by atoms with Crippen molar-refractivity contribution in [1.82, 2.24) is 24.6 Å². The number of hydrogen-bond donors (Lipinski definition) is 3. The third-order valence-corrected chi connectivity index (χ3v) is 7.13. The molecule has 0 bridgehead atoms. The van der Waals surface area contributed by atoms with Gasteiger partial charge in [0.15, 0.2) is 17.0 Å². The summed E-state index contributed by atoms with van der Waals surface area (Å²) in [5, 5.41) is 6.11. The molecule has 36 heavy (non-hydrogen) atoms. The van der Waals surface area contributed by atoms with Crippen LogP contribution < -0.4 is 20.7 Å². The minimum absolute atomic E-state index is 0.155. The smallest absolute Gasteiger partial charge is 0.342 e. The number of esters is 1. The Morgan fingerprint density at radius 3 is 2.75 bits per heavy atom. The molecule has 3 aromatic rings. The summed E-state index contributed by atoms with van der Waals surface area (Å²) in [5.74, 6) is 0.664. The largest absolute Gasteiger partial charge is 0.465 e. The van der Waals surface area contributed by atoms with Gasteiger partial charge in [-0.05, 0) is 38.3 Å². The van der Waals surface area contributed by atoms with Gasteiger partial charge in [0, 0.05) is 12.6 Å². The topological polar surface area (TPSA) is 156 Å². The van der Waals surface area contributed by atoms with E-state index in [-0.39, 0.29) is 25.5 Å². The first-order valence-electron chi connectivity index (χ1n) is 12.0. The van der Waals surface area contributed by atoms with Crippen LogP contribution in [0.5, 0.6) is 5.75 Å². The third kappa shape index (κ3) is 6.93.